The van der Waals surface area contributed by atoms with Crippen LogP contribution in [0.3, 0.4) is 0 Å². The number of nitrogens with one attached hydrogen (secondary N) is 1. The van der Waals surface area contributed by atoms with Crippen molar-refractivity contribution in [3.05, 3.63) is 101 Å². The number of aliphatic carboxylic acids is 1. The molecule has 3 aromatic carbocycles. The summed E-state index contributed by atoms with van der Waals surface area (Å²) in [5.41, 5.74) is 4.06. The molecule has 0 aliphatic carbocycles. The topological polar surface area (TPSA) is 80.6 Å². The maximum atomic E-state index is 13.5. The van der Waals surface area contributed by atoms with Gasteiger partial charge in [0.05, 0.1) is 6.42 Å². The minimum Gasteiger partial charge on any atom is -0.481 e. The lowest BCUT2D eigenvalue weighted by atomic mass is 10.0. The average molecular weight is 525 g/mol. The number of nitrogens with zero attached hydrogens (tertiary/aromatic N) is 1. The van der Waals surface area contributed by atoms with Crippen LogP contribution in [0.25, 0.3) is 10.9 Å². The Morgan fingerprint density at radius 3 is 2.18 bits per heavy atom. The molecule has 0 aliphatic rings. The quantitative estimate of drug-likeness (QED) is 0.271. The second-order valence-corrected chi connectivity index (χ2v) is 9.27. The van der Waals surface area contributed by atoms with Crippen molar-refractivity contribution >= 4 is 22.8 Å². The zero-order valence-electron chi connectivity index (χ0n) is 20.9. The molecule has 0 spiro atoms. The zero-order valence-corrected chi connectivity index (χ0v) is 20.9. The number of ether oxygens (including phenoxy) is 1. The van der Waals surface area contributed by atoms with Crippen LogP contribution in [0, 0.1) is 0 Å². The predicted octanol–water partition coefficient (Wildman–Crippen LogP) is 6.27. The second-order valence-electron chi connectivity index (χ2n) is 9.27. The van der Waals surface area contributed by atoms with E-state index in [2.05, 4.69) is 23.9 Å². The lowest BCUT2D eigenvalue weighted by Gasteiger charge is -2.14. The van der Waals surface area contributed by atoms with Crippen LogP contribution in [0.15, 0.2) is 72.8 Å². The van der Waals surface area contributed by atoms with Gasteiger partial charge >= 0.3 is 12.3 Å². The van der Waals surface area contributed by atoms with Crippen molar-refractivity contribution in [3.63, 3.8) is 0 Å². The number of alkyl halides is 3. The maximum Gasteiger partial charge on any atom is 0.573 e. The van der Waals surface area contributed by atoms with Gasteiger partial charge in [0.1, 0.15) is 11.4 Å². The average Bonchev–Trinajstić information content (AvgIpc) is 3.15. The minimum absolute atomic E-state index is 0.0300. The summed E-state index contributed by atoms with van der Waals surface area (Å²) in [6.07, 6.45) is -5.13. The summed E-state index contributed by atoms with van der Waals surface area (Å²) in [6.45, 7) is 4.59. The third kappa shape index (κ3) is 6.34. The van der Waals surface area contributed by atoms with Gasteiger partial charge in [0.15, 0.2) is 0 Å². The summed E-state index contributed by atoms with van der Waals surface area (Å²) in [5.74, 6) is -1.54. The molecule has 2 N–H and O–H groups in total. The van der Waals surface area contributed by atoms with Crippen molar-refractivity contribution in [3.8, 4) is 5.75 Å². The first-order chi connectivity index (χ1) is 18.0. The largest absolute Gasteiger partial charge is 0.573 e. The molecule has 0 atom stereocenters. The van der Waals surface area contributed by atoms with Crippen LogP contribution in [0.5, 0.6) is 5.75 Å². The third-order valence-corrected chi connectivity index (χ3v) is 6.22. The van der Waals surface area contributed by atoms with E-state index < -0.39 is 18.2 Å². The molecule has 6 nitrogen and oxygen atoms in total. The smallest absolute Gasteiger partial charge is 0.481 e. The van der Waals surface area contributed by atoms with Gasteiger partial charge in [0.25, 0.3) is 5.91 Å². The summed E-state index contributed by atoms with van der Waals surface area (Å²) >= 11 is 0. The van der Waals surface area contributed by atoms with Gasteiger partial charge in [-0.05, 0) is 40.8 Å². The van der Waals surface area contributed by atoms with Crippen LogP contribution in [-0.4, -0.2) is 27.9 Å². The fraction of sp³-hybridized carbons (Fsp3) is 0.241. The summed E-state index contributed by atoms with van der Waals surface area (Å²) in [4.78, 5) is 25.2. The van der Waals surface area contributed by atoms with Crippen molar-refractivity contribution < 1.29 is 32.6 Å². The van der Waals surface area contributed by atoms with Crippen molar-refractivity contribution in [1.82, 2.24) is 9.88 Å². The van der Waals surface area contributed by atoms with Crippen LogP contribution < -0.4 is 10.1 Å². The molecule has 1 amide bonds. The molecular weight excluding hydrogens is 497 g/mol. The Morgan fingerprint density at radius 1 is 0.947 bits per heavy atom. The van der Waals surface area contributed by atoms with E-state index >= 15 is 0 Å². The van der Waals surface area contributed by atoms with Crippen LogP contribution in [0.2, 0.25) is 0 Å². The van der Waals surface area contributed by atoms with Crippen LogP contribution in [-0.2, 0) is 24.3 Å². The van der Waals surface area contributed by atoms with Crippen LogP contribution in [0.4, 0.5) is 13.2 Å². The molecule has 0 fully saturated rings. The van der Waals surface area contributed by atoms with E-state index in [0.717, 1.165) is 11.1 Å². The molecular formula is C29H27F3N2O4. The van der Waals surface area contributed by atoms with Gasteiger partial charge in [-0.3, -0.25) is 9.59 Å². The maximum absolute atomic E-state index is 13.5. The molecule has 0 saturated carbocycles. The van der Waals surface area contributed by atoms with Crippen molar-refractivity contribution in [2.45, 2.75) is 45.6 Å². The van der Waals surface area contributed by atoms with Gasteiger partial charge in [-0.15, -0.1) is 13.2 Å². The van der Waals surface area contributed by atoms with Gasteiger partial charge in [-0.1, -0.05) is 68.4 Å². The molecule has 4 aromatic rings. The number of carboxylic acids is 1. The van der Waals surface area contributed by atoms with E-state index in [-0.39, 0.29) is 24.4 Å². The van der Waals surface area contributed by atoms with Crippen molar-refractivity contribution in [2.75, 3.05) is 0 Å². The van der Waals surface area contributed by atoms with E-state index in [4.69, 9.17) is 0 Å². The molecule has 0 saturated heterocycles. The standard InChI is InChI=1S/C29H27F3N2O4/c1-18(2)21-11-7-20(8-12-21)17-34-25-6-4-3-5-23(25)24(15-26(35)36)27(34)28(37)33-16-19-9-13-22(14-10-19)38-29(30,31)32/h3-14,18H,15-17H2,1-2H3,(H,33,37)(H,35,36). The van der Waals surface area contributed by atoms with Crippen molar-refractivity contribution in [2.24, 2.45) is 0 Å². The summed E-state index contributed by atoms with van der Waals surface area (Å²) < 4.78 is 43.0. The van der Waals surface area contributed by atoms with E-state index in [1.165, 1.54) is 29.8 Å². The summed E-state index contributed by atoms with van der Waals surface area (Å²) in [5, 5.41) is 13.1. The number of carbonyl (C=O) groups is 2. The number of hydrogen-bond acceptors (Lipinski definition) is 3. The third-order valence-electron chi connectivity index (χ3n) is 6.22. The Kier molecular flexibility index (Phi) is 7.75. The molecule has 198 valence electrons. The Bertz CT molecular complexity index is 1440. The number of hydrogen-bond donors (Lipinski definition) is 2. The fourth-order valence-corrected chi connectivity index (χ4v) is 4.39. The highest BCUT2D eigenvalue weighted by molar-refractivity contribution is 6.03. The molecule has 0 unspecified atom stereocenters. The molecule has 1 heterocycles. The Hall–Kier alpha value is -4.27. The summed E-state index contributed by atoms with van der Waals surface area (Å²) in [7, 11) is 0. The van der Waals surface area contributed by atoms with E-state index in [1.54, 1.807) is 12.1 Å². The second kappa shape index (κ2) is 11.0. The Morgan fingerprint density at radius 2 is 1.58 bits per heavy atom. The van der Waals surface area contributed by atoms with E-state index in [9.17, 15) is 27.9 Å². The Labute approximate surface area is 217 Å². The zero-order chi connectivity index (χ0) is 27.4. The molecule has 4 rings (SSSR count). The lowest BCUT2D eigenvalue weighted by molar-refractivity contribution is -0.274. The number of amides is 1. The number of halogens is 3. The molecule has 0 bridgehead atoms. The number of benzene rings is 3. The predicted molar refractivity (Wildman–Crippen MR) is 137 cm³/mol. The first-order valence-electron chi connectivity index (χ1n) is 12.1. The van der Waals surface area contributed by atoms with Gasteiger partial charge in [0, 0.05) is 29.6 Å². The highest BCUT2D eigenvalue weighted by Gasteiger charge is 2.31. The van der Waals surface area contributed by atoms with Gasteiger partial charge in [0.2, 0.25) is 0 Å². The Balaban J connectivity index is 1.66. The van der Waals surface area contributed by atoms with Gasteiger partial charge < -0.3 is 19.7 Å². The van der Waals surface area contributed by atoms with E-state index in [0.29, 0.717) is 29.0 Å². The number of aromatic nitrogens is 1. The normalized spacial score (nSPS) is 11.6. The number of fused-ring (bicyclic) bond motifs is 1. The molecule has 0 radical (unpaired) electrons. The number of carboxylic acid groups (broad SMARTS) is 1. The molecule has 9 heteroatoms. The number of rotatable bonds is 9. The van der Waals surface area contributed by atoms with Crippen LogP contribution in [0.1, 0.15) is 52.5 Å². The number of para-hydroxylation sites is 1. The monoisotopic (exact) mass is 524 g/mol. The lowest BCUT2D eigenvalue weighted by Crippen LogP contribution is -2.27. The SMILES string of the molecule is CC(C)c1ccc(Cn2c(C(=O)NCc3ccc(OC(F)(F)F)cc3)c(CC(=O)O)c3ccccc32)cc1. The van der Waals surface area contributed by atoms with E-state index in [1.807, 2.05) is 41.0 Å². The van der Waals surface area contributed by atoms with Crippen LogP contribution >= 0.6 is 0 Å². The fourth-order valence-electron chi connectivity index (χ4n) is 4.39. The molecule has 38 heavy (non-hydrogen) atoms. The summed E-state index contributed by atoms with van der Waals surface area (Å²) in [6, 6.07) is 20.5. The van der Waals surface area contributed by atoms with Crippen molar-refractivity contribution in [1.29, 1.82) is 0 Å². The van der Waals surface area contributed by atoms with Gasteiger partial charge in [-0.2, -0.15) is 0 Å². The molecule has 1 aromatic heterocycles. The molecule has 0 aliphatic heterocycles. The number of carbonyl (C=O) groups excluding carboxylic acids is 1. The first-order valence-corrected chi connectivity index (χ1v) is 12.1. The van der Waals surface area contributed by atoms with Gasteiger partial charge in [-0.25, -0.2) is 0 Å². The first kappa shape index (κ1) is 26.8. The minimum atomic E-state index is -4.79. The highest BCUT2D eigenvalue weighted by atomic mass is 19.4. The highest BCUT2D eigenvalue weighted by Crippen LogP contribution is 2.29.